The average Bonchev–Trinajstić information content (AvgIpc) is 3.61. The smallest absolute Gasteiger partial charge is 0.410 e. The van der Waals surface area contributed by atoms with Crippen LogP contribution in [-0.4, -0.2) is 66.5 Å². The molecule has 13 heteroatoms. The van der Waals surface area contributed by atoms with Crippen LogP contribution in [0.4, 0.5) is 20.7 Å². The highest BCUT2D eigenvalue weighted by molar-refractivity contribution is 5.93. The lowest BCUT2D eigenvalue weighted by molar-refractivity contribution is -0.00735. The van der Waals surface area contributed by atoms with Crippen molar-refractivity contribution in [2.45, 2.75) is 77.2 Å². The number of rotatable bonds is 7. The van der Waals surface area contributed by atoms with Crippen molar-refractivity contribution in [3.63, 3.8) is 0 Å². The Morgan fingerprint density at radius 2 is 1.77 bits per heavy atom. The van der Waals surface area contributed by atoms with Gasteiger partial charge in [-0.25, -0.2) is 28.7 Å². The minimum absolute atomic E-state index is 0.0457. The summed E-state index contributed by atoms with van der Waals surface area (Å²) in [6, 6.07) is 10.5. The number of anilines is 2. The van der Waals surface area contributed by atoms with E-state index in [1.54, 1.807) is 55.1 Å². The van der Waals surface area contributed by atoms with Crippen molar-refractivity contribution in [1.29, 1.82) is 0 Å². The molecule has 2 aromatic carbocycles. The molecule has 1 unspecified atom stereocenters. The van der Waals surface area contributed by atoms with Gasteiger partial charge in [-0.3, -0.25) is 0 Å². The van der Waals surface area contributed by atoms with Crippen LogP contribution < -0.4 is 19.5 Å². The van der Waals surface area contributed by atoms with E-state index in [-0.39, 0.29) is 30.0 Å². The third kappa shape index (κ3) is 6.05. The molecule has 12 nitrogen and oxygen atoms in total. The van der Waals surface area contributed by atoms with Gasteiger partial charge < -0.3 is 29.2 Å². The molecule has 5 heterocycles. The largest absolute Gasteiger partial charge is 0.493 e. The van der Waals surface area contributed by atoms with E-state index in [0.717, 1.165) is 12.8 Å². The fraction of sp³-hybridized carbons (Fsp3) is 0.382. The van der Waals surface area contributed by atoms with Crippen LogP contribution in [0.3, 0.4) is 0 Å². The van der Waals surface area contributed by atoms with Gasteiger partial charge in [0.25, 0.3) is 0 Å². The summed E-state index contributed by atoms with van der Waals surface area (Å²) in [7, 11) is 1.58. The van der Waals surface area contributed by atoms with E-state index in [9.17, 15) is 4.79 Å². The SMILES string of the molecule is COc1cc2ncnc(Nc3ccc(Oc4ccn5ncnc5c4)c(C)c3F)c2cc1OC1C[C@H]2CC[C@@H](C1)N2C(=O)OC(C)(C)C. The van der Waals surface area contributed by atoms with Crippen LogP contribution in [0.2, 0.25) is 0 Å². The molecule has 2 saturated heterocycles. The van der Waals surface area contributed by atoms with Crippen molar-refractivity contribution in [3.8, 4) is 23.0 Å². The van der Waals surface area contributed by atoms with Gasteiger partial charge in [-0.2, -0.15) is 5.10 Å². The monoisotopic (exact) mass is 641 g/mol. The maximum Gasteiger partial charge on any atom is 0.410 e. The predicted molar refractivity (Wildman–Crippen MR) is 172 cm³/mol. The van der Waals surface area contributed by atoms with Crippen LogP contribution >= 0.6 is 0 Å². The molecule has 7 rings (SSSR count). The van der Waals surface area contributed by atoms with Crippen LogP contribution in [-0.2, 0) is 4.74 Å². The summed E-state index contributed by atoms with van der Waals surface area (Å²) in [4.78, 5) is 27.8. The van der Waals surface area contributed by atoms with Crippen LogP contribution in [0.5, 0.6) is 23.0 Å². The molecule has 0 spiro atoms. The van der Waals surface area contributed by atoms with Crippen LogP contribution in [0.15, 0.2) is 55.2 Å². The molecule has 0 radical (unpaired) electrons. The fourth-order valence-corrected chi connectivity index (χ4v) is 6.42. The van der Waals surface area contributed by atoms with Crippen molar-refractivity contribution in [3.05, 3.63) is 66.6 Å². The van der Waals surface area contributed by atoms with E-state index in [2.05, 4.69) is 25.4 Å². The van der Waals surface area contributed by atoms with Crippen molar-refractivity contribution in [2.75, 3.05) is 12.4 Å². The number of piperidine rings is 1. The molecule has 5 aromatic rings. The van der Waals surface area contributed by atoms with Gasteiger partial charge in [0.15, 0.2) is 23.0 Å². The molecule has 1 amide bonds. The van der Waals surface area contributed by atoms with Crippen molar-refractivity contribution in [1.82, 2.24) is 29.5 Å². The molecule has 2 aliphatic rings. The Bertz CT molecular complexity index is 1960. The molecule has 2 bridgehead atoms. The van der Waals surface area contributed by atoms with Gasteiger partial charge in [0, 0.05) is 54.2 Å². The van der Waals surface area contributed by atoms with Crippen LogP contribution in [0, 0.1) is 12.7 Å². The first-order chi connectivity index (χ1) is 22.6. The number of nitrogens with one attached hydrogen (secondary N) is 1. The van der Waals surface area contributed by atoms with Gasteiger partial charge in [-0.05, 0) is 64.8 Å². The molecule has 3 atom stereocenters. The van der Waals surface area contributed by atoms with Gasteiger partial charge >= 0.3 is 6.09 Å². The molecular formula is C34H36FN7O5. The minimum atomic E-state index is -0.553. The molecule has 1 N–H and O–H groups in total. The summed E-state index contributed by atoms with van der Waals surface area (Å²) in [6.45, 7) is 7.29. The quantitative estimate of drug-likeness (QED) is 0.199. The number of hydrogen-bond donors (Lipinski definition) is 1. The van der Waals surface area contributed by atoms with E-state index < -0.39 is 11.4 Å². The van der Waals surface area contributed by atoms with Gasteiger partial charge in [0.05, 0.1) is 18.3 Å². The molecule has 3 aromatic heterocycles. The second-order valence-electron chi connectivity index (χ2n) is 12.9. The van der Waals surface area contributed by atoms with Gasteiger partial charge in [-0.15, -0.1) is 0 Å². The number of ether oxygens (including phenoxy) is 4. The first-order valence-corrected chi connectivity index (χ1v) is 15.6. The Kier molecular flexibility index (Phi) is 7.69. The third-order valence-corrected chi connectivity index (χ3v) is 8.58. The second kappa shape index (κ2) is 11.9. The molecule has 0 saturated carbocycles. The van der Waals surface area contributed by atoms with Gasteiger partial charge in [0.1, 0.15) is 41.7 Å². The molecular weight excluding hydrogens is 605 g/mol. The Hall–Kier alpha value is -5.20. The average molecular weight is 642 g/mol. The maximum atomic E-state index is 15.7. The summed E-state index contributed by atoms with van der Waals surface area (Å²) in [5, 5.41) is 7.86. The lowest BCUT2D eigenvalue weighted by Gasteiger charge is -2.39. The van der Waals surface area contributed by atoms with Crippen LogP contribution in [0.1, 0.15) is 52.0 Å². The van der Waals surface area contributed by atoms with Crippen molar-refractivity contribution in [2.24, 2.45) is 0 Å². The molecule has 244 valence electrons. The fourth-order valence-electron chi connectivity index (χ4n) is 6.42. The van der Waals surface area contributed by atoms with Crippen LogP contribution in [0.25, 0.3) is 16.6 Å². The van der Waals surface area contributed by atoms with Gasteiger partial charge in [0.2, 0.25) is 0 Å². The molecule has 0 aliphatic carbocycles. The number of amides is 1. The lowest BCUT2D eigenvalue weighted by atomic mass is 10.00. The number of benzene rings is 2. The summed E-state index contributed by atoms with van der Waals surface area (Å²) >= 11 is 0. The number of aromatic nitrogens is 5. The number of methoxy groups -OCH3 is 1. The molecule has 47 heavy (non-hydrogen) atoms. The Balaban J connectivity index is 1.11. The number of carbonyl (C=O) groups excluding carboxylic acids is 1. The number of halogens is 1. The second-order valence-corrected chi connectivity index (χ2v) is 12.9. The highest BCUT2D eigenvalue weighted by atomic mass is 19.1. The Labute approximate surface area is 270 Å². The summed E-state index contributed by atoms with van der Waals surface area (Å²) in [5.74, 6) is 1.87. The van der Waals surface area contributed by atoms with E-state index in [0.29, 0.717) is 63.8 Å². The van der Waals surface area contributed by atoms with E-state index in [4.69, 9.17) is 18.9 Å². The lowest BCUT2D eigenvalue weighted by Crippen LogP contribution is -2.50. The summed E-state index contributed by atoms with van der Waals surface area (Å²) < 4.78 is 41.2. The highest BCUT2D eigenvalue weighted by Crippen LogP contribution is 2.41. The first kappa shape index (κ1) is 30.5. The number of hydrogen-bond acceptors (Lipinski definition) is 10. The Morgan fingerprint density at radius 1 is 0.979 bits per heavy atom. The number of nitrogens with zero attached hydrogens (tertiary/aromatic N) is 6. The highest BCUT2D eigenvalue weighted by Gasteiger charge is 2.45. The standard InChI is InChI=1S/C34H36FN7O5/c1-19-27(45-22-10-11-41-30(14-22)37-18-39-41)9-8-25(31(19)35)40-32-24-15-29(28(44-5)16-26(24)36-17-38-32)46-23-12-20-6-7-21(13-23)42(20)33(43)47-34(2,3)4/h8-11,14-18,20-21,23H,6-7,12-13H2,1-5H3,(H,36,38,40)/t20-,21+,23?. The minimum Gasteiger partial charge on any atom is -0.493 e. The van der Waals surface area contributed by atoms with Crippen molar-refractivity contribution >= 4 is 34.1 Å². The molecule has 2 fully saturated rings. The maximum absolute atomic E-state index is 15.7. The number of carbonyl (C=O) groups is 1. The number of fused-ring (bicyclic) bond motifs is 4. The van der Waals surface area contributed by atoms with Gasteiger partial charge in [-0.1, -0.05) is 0 Å². The topological polar surface area (TPSA) is 125 Å². The normalized spacial score (nSPS) is 19.2. The van der Waals surface area contributed by atoms with E-state index in [1.807, 2.05) is 31.7 Å². The Morgan fingerprint density at radius 3 is 2.51 bits per heavy atom. The third-order valence-electron chi connectivity index (χ3n) is 8.58. The number of pyridine rings is 1. The first-order valence-electron chi connectivity index (χ1n) is 15.6. The summed E-state index contributed by atoms with van der Waals surface area (Å²) in [5.41, 5.74) is 1.22. The predicted octanol–water partition coefficient (Wildman–Crippen LogP) is 6.97. The van der Waals surface area contributed by atoms with E-state index >= 15 is 4.39 Å². The zero-order chi connectivity index (χ0) is 32.9. The molecule has 2 aliphatic heterocycles. The van der Waals surface area contributed by atoms with Crippen molar-refractivity contribution < 1.29 is 28.1 Å². The van der Waals surface area contributed by atoms with E-state index in [1.165, 1.54) is 12.7 Å². The zero-order valence-electron chi connectivity index (χ0n) is 26.9. The summed E-state index contributed by atoms with van der Waals surface area (Å²) in [6.07, 6.45) is 7.37. The zero-order valence-corrected chi connectivity index (χ0v) is 26.9.